The molecule has 4 saturated carbocycles. The van der Waals surface area contributed by atoms with Crippen molar-refractivity contribution in [2.75, 3.05) is 7.11 Å². The normalized spacial score (nSPS) is 45.2. The molecular weight excluding hydrogens is 372 g/mol. The Labute approximate surface area is 181 Å². The van der Waals surface area contributed by atoms with Crippen molar-refractivity contribution in [3.05, 3.63) is 29.8 Å². The van der Waals surface area contributed by atoms with Crippen molar-refractivity contribution in [1.82, 2.24) is 0 Å². The van der Waals surface area contributed by atoms with Crippen molar-refractivity contribution in [2.24, 2.45) is 40.9 Å². The van der Waals surface area contributed by atoms with E-state index in [1.165, 1.54) is 38.5 Å². The monoisotopic (exact) mass is 410 g/mol. The molecule has 0 radical (unpaired) electrons. The molecule has 1 aromatic carbocycles. The second kappa shape index (κ2) is 7.36. The highest BCUT2D eigenvalue weighted by Gasteiger charge is 2.58. The number of benzene rings is 1. The quantitative estimate of drug-likeness (QED) is 0.631. The number of hydrogen-bond acceptors (Lipinski definition) is 3. The maximum Gasteiger partial charge on any atom is 0.166 e. The summed E-state index contributed by atoms with van der Waals surface area (Å²) in [5, 5.41) is 10.6. The number of ether oxygens (including phenoxy) is 1. The topological polar surface area (TPSA) is 46.5 Å². The van der Waals surface area contributed by atoms with Crippen molar-refractivity contribution in [2.45, 2.75) is 77.2 Å². The van der Waals surface area contributed by atoms with E-state index in [4.69, 9.17) is 4.74 Å². The Morgan fingerprint density at radius 1 is 1.00 bits per heavy atom. The van der Waals surface area contributed by atoms with Crippen LogP contribution in [0.15, 0.2) is 24.3 Å². The number of Topliss-reactive ketones (excluding diaryl/α,β-unsaturated/α-hetero) is 1. The predicted molar refractivity (Wildman–Crippen MR) is 119 cm³/mol. The molecule has 164 valence electrons. The lowest BCUT2D eigenvalue weighted by molar-refractivity contribution is -0.0976. The zero-order chi connectivity index (χ0) is 21.1. The van der Waals surface area contributed by atoms with Gasteiger partial charge in [-0.2, -0.15) is 0 Å². The minimum atomic E-state index is -0.446. The fourth-order valence-electron chi connectivity index (χ4n) is 8.49. The van der Waals surface area contributed by atoms with Crippen LogP contribution in [0.2, 0.25) is 0 Å². The number of aliphatic hydroxyl groups is 1. The molecule has 0 saturated heterocycles. The fourth-order valence-corrected chi connectivity index (χ4v) is 8.49. The van der Waals surface area contributed by atoms with Crippen LogP contribution in [0.5, 0.6) is 5.75 Å². The second-order valence-corrected chi connectivity index (χ2v) is 11.4. The van der Waals surface area contributed by atoms with Gasteiger partial charge >= 0.3 is 0 Å². The lowest BCUT2D eigenvalue weighted by Crippen LogP contribution is -2.51. The van der Waals surface area contributed by atoms with Crippen molar-refractivity contribution >= 4 is 5.78 Å². The van der Waals surface area contributed by atoms with Crippen LogP contribution in [0.4, 0.5) is 0 Å². The Morgan fingerprint density at radius 2 is 1.80 bits per heavy atom. The number of rotatable bonds is 3. The predicted octanol–water partition coefficient (Wildman–Crippen LogP) is 5.90. The smallest absolute Gasteiger partial charge is 0.166 e. The summed E-state index contributed by atoms with van der Waals surface area (Å²) in [6.45, 7) is 4.47. The van der Waals surface area contributed by atoms with Gasteiger partial charge in [-0.3, -0.25) is 4.79 Å². The van der Waals surface area contributed by atoms with Gasteiger partial charge in [-0.1, -0.05) is 19.1 Å². The van der Waals surface area contributed by atoms with Gasteiger partial charge in [-0.25, -0.2) is 0 Å². The van der Waals surface area contributed by atoms with Gasteiger partial charge in [0, 0.05) is 11.5 Å². The largest absolute Gasteiger partial charge is 0.497 e. The lowest BCUT2D eigenvalue weighted by atomic mass is 9.49. The van der Waals surface area contributed by atoms with Crippen LogP contribution in [0, 0.1) is 40.9 Å². The number of ketones is 1. The molecule has 1 aromatic rings. The highest BCUT2D eigenvalue weighted by atomic mass is 16.5. The van der Waals surface area contributed by atoms with Crippen molar-refractivity contribution in [3.63, 3.8) is 0 Å². The molecular formula is C27H38O3. The van der Waals surface area contributed by atoms with E-state index in [1.54, 1.807) is 7.11 Å². The Bertz CT molecular complexity index is 814. The Morgan fingerprint density at radius 3 is 2.60 bits per heavy atom. The molecule has 0 heterocycles. The summed E-state index contributed by atoms with van der Waals surface area (Å²) in [4.78, 5) is 13.6. The van der Waals surface area contributed by atoms with Crippen molar-refractivity contribution in [3.8, 4) is 5.75 Å². The molecule has 5 rings (SSSR count). The second-order valence-electron chi connectivity index (χ2n) is 11.4. The van der Waals surface area contributed by atoms with Crippen LogP contribution in [-0.4, -0.2) is 23.6 Å². The van der Waals surface area contributed by atoms with Gasteiger partial charge in [0.1, 0.15) is 5.75 Å². The first kappa shape index (κ1) is 20.5. The van der Waals surface area contributed by atoms with E-state index in [9.17, 15) is 9.90 Å². The maximum atomic E-state index is 13.6. The van der Waals surface area contributed by atoms with Crippen LogP contribution in [0.25, 0.3) is 0 Å². The first-order valence-electron chi connectivity index (χ1n) is 12.2. The number of fused-ring (bicyclic) bond motifs is 5. The van der Waals surface area contributed by atoms with Gasteiger partial charge in [-0.15, -0.1) is 0 Å². The number of methoxy groups -OCH3 is 1. The molecule has 3 heteroatoms. The average molecular weight is 411 g/mol. The van der Waals surface area contributed by atoms with Gasteiger partial charge in [-0.05, 0) is 112 Å². The first-order valence-corrected chi connectivity index (χ1v) is 12.2. The highest BCUT2D eigenvalue weighted by Crippen LogP contribution is 2.65. The van der Waals surface area contributed by atoms with Gasteiger partial charge in [0.15, 0.2) is 5.78 Å². The molecule has 3 nitrogen and oxygen atoms in total. The summed E-state index contributed by atoms with van der Waals surface area (Å²) in [7, 11) is 1.67. The summed E-state index contributed by atoms with van der Waals surface area (Å²) in [5.74, 6) is 5.09. The summed E-state index contributed by atoms with van der Waals surface area (Å²) in [5.41, 5.74) is 0.522. The van der Waals surface area contributed by atoms with Gasteiger partial charge in [0.25, 0.3) is 0 Å². The third-order valence-electron chi connectivity index (χ3n) is 9.91. The number of hydrogen-bond donors (Lipinski definition) is 1. The van der Waals surface area contributed by atoms with Gasteiger partial charge in [0.2, 0.25) is 0 Å². The molecule has 4 fully saturated rings. The van der Waals surface area contributed by atoms with Crippen LogP contribution in [0.1, 0.15) is 82.0 Å². The van der Waals surface area contributed by atoms with E-state index in [2.05, 4.69) is 6.92 Å². The van der Waals surface area contributed by atoms with E-state index in [-0.39, 0.29) is 11.3 Å². The Kier molecular flexibility index (Phi) is 5.04. The van der Waals surface area contributed by atoms with Crippen LogP contribution in [-0.2, 0) is 0 Å². The number of carbonyl (C=O) groups is 1. The zero-order valence-electron chi connectivity index (χ0n) is 18.9. The minimum Gasteiger partial charge on any atom is -0.497 e. The Hall–Kier alpha value is -1.35. The molecule has 1 N–H and O–H groups in total. The summed E-state index contributed by atoms with van der Waals surface area (Å²) < 4.78 is 5.37. The molecule has 4 aliphatic rings. The van der Waals surface area contributed by atoms with E-state index >= 15 is 0 Å². The third kappa shape index (κ3) is 3.23. The molecule has 0 bridgehead atoms. The fraction of sp³-hybridized carbons (Fsp3) is 0.741. The molecule has 4 aliphatic carbocycles. The highest BCUT2D eigenvalue weighted by molar-refractivity contribution is 5.99. The van der Waals surface area contributed by atoms with E-state index in [0.29, 0.717) is 11.7 Å². The molecule has 30 heavy (non-hydrogen) atoms. The average Bonchev–Trinajstić information content (AvgIpc) is 3.09. The standard InChI is InChI=1S/C27H38O3/c1-26(29)13-11-20-18(16-26)7-8-22-21(20)12-14-27(2)23(22)9-10-24(27)25(28)17-5-4-6-19(15-17)30-3/h4-6,15,18,20-24,29H,7-14,16H2,1-3H3/t18?,20-,21+,22+,23-,24+,26+,27-/m0/s1. The van der Waals surface area contributed by atoms with Gasteiger partial charge in [0.05, 0.1) is 12.7 Å². The van der Waals surface area contributed by atoms with Crippen LogP contribution in [0.3, 0.4) is 0 Å². The van der Waals surface area contributed by atoms with Crippen LogP contribution < -0.4 is 4.74 Å². The van der Waals surface area contributed by atoms with Gasteiger partial charge < -0.3 is 9.84 Å². The van der Waals surface area contributed by atoms with Crippen LogP contribution >= 0.6 is 0 Å². The molecule has 0 aromatic heterocycles. The number of carbonyl (C=O) groups excluding carboxylic acids is 1. The van der Waals surface area contributed by atoms with E-state index < -0.39 is 5.60 Å². The summed E-state index contributed by atoms with van der Waals surface area (Å²) in [6, 6.07) is 7.74. The SMILES string of the molecule is COc1cccc(C(=O)[C@H]2CC[C@H]3[C@@H]4CCC5C[C@](C)(O)CC[C@@H]5[C@H]4CC[C@]23C)c1. The minimum absolute atomic E-state index is 0.147. The first-order chi connectivity index (χ1) is 14.3. The lowest BCUT2D eigenvalue weighted by Gasteiger charge is -2.56. The molecule has 1 unspecified atom stereocenters. The molecule has 0 spiro atoms. The maximum absolute atomic E-state index is 13.6. The van der Waals surface area contributed by atoms with E-state index in [1.807, 2.05) is 31.2 Å². The summed E-state index contributed by atoms with van der Waals surface area (Å²) in [6.07, 6.45) is 10.5. The Balaban J connectivity index is 1.36. The summed E-state index contributed by atoms with van der Waals surface area (Å²) >= 11 is 0. The molecule has 0 amide bonds. The zero-order valence-corrected chi connectivity index (χ0v) is 18.9. The van der Waals surface area contributed by atoms with Crippen molar-refractivity contribution < 1.29 is 14.6 Å². The van der Waals surface area contributed by atoms with Crippen molar-refractivity contribution in [1.29, 1.82) is 0 Å². The molecule has 8 atom stereocenters. The third-order valence-corrected chi connectivity index (χ3v) is 9.91. The molecule has 0 aliphatic heterocycles. The van der Waals surface area contributed by atoms with E-state index in [0.717, 1.165) is 54.2 Å².